The topological polar surface area (TPSA) is 88.3 Å². The minimum absolute atomic E-state index is 0.00329. The summed E-state index contributed by atoms with van der Waals surface area (Å²) in [6.45, 7) is 0.996. The number of anilines is 1. The first kappa shape index (κ1) is 13.7. The molecule has 0 aliphatic heterocycles. The molecule has 0 saturated heterocycles. The lowest BCUT2D eigenvalue weighted by molar-refractivity contribution is -0.385. The van der Waals surface area contributed by atoms with E-state index < -0.39 is 4.92 Å². The Balaban J connectivity index is 1.88. The van der Waals surface area contributed by atoms with Crippen LogP contribution in [-0.2, 0) is 0 Å². The number of hydrogen-bond donors (Lipinski definition) is 2. The largest absolute Gasteiger partial charge is 0.396 e. The number of hydrogen-bond acceptors (Lipinski definition) is 5. The maximum atomic E-state index is 10.5. The Morgan fingerprint density at radius 3 is 2.68 bits per heavy atom. The average molecular weight is 265 g/mol. The van der Waals surface area contributed by atoms with Crippen molar-refractivity contribution in [3.05, 3.63) is 28.4 Å². The number of aliphatic hydroxyl groups excluding tert-OH is 1. The third kappa shape index (κ3) is 3.64. The molecule has 0 aromatic carbocycles. The van der Waals surface area contributed by atoms with Gasteiger partial charge in [0.1, 0.15) is 12.0 Å². The van der Waals surface area contributed by atoms with Crippen molar-refractivity contribution >= 4 is 11.5 Å². The van der Waals surface area contributed by atoms with Gasteiger partial charge in [-0.1, -0.05) is 12.8 Å². The summed E-state index contributed by atoms with van der Waals surface area (Å²) in [5.74, 6) is 1.46. The zero-order valence-electron chi connectivity index (χ0n) is 10.8. The van der Waals surface area contributed by atoms with Crippen LogP contribution < -0.4 is 5.32 Å². The summed E-state index contributed by atoms with van der Waals surface area (Å²) in [6, 6.07) is 3.06. The van der Waals surface area contributed by atoms with Crippen LogP contribution in [-0.4, -0.2) is 28.2 Å². The van der Waals surface area contributed by atoms with Gasteiger partial charge in [0, 0.05) is 19.2 Å². The molecule has 6 heteroatoms. The van der Waals surface area contributed by atoms with Gasteiger partial charge in [0.2, 0.25) is 0 Å². The van der Waals surface area contributed by atoms with Crippen molar-refractivity contribution in [2.45, 2.75) is 25.7 Å². The van der Waals surface area contributed by atoms with Crippen molar-refractivity contribution in [1.82, 2.24) is 4.98 Å². The summed E-state index contributed by atoms with van der Waals surface area (Å²) in [5, 5.41) is 23.1. The first-order valence-electron chi connectivity index (χ1n) is 6.66. The van der Waals surface area contributed by atoms with Gasteiger partial charge in [-0.2, -0.15) is 0 Å². The molecule has 0 bridgehead atoms. The lowest BCUT2D eigenvalue weighted by Gasteiger charge is -2.30. The van der Waals surface area contributed by atoms with E-state index in [1.807, 2.05) is 0 Å². The van der Waals surface area contributed by atoms with Gasteiger partial charge < -0.3 is 10.4 Å². The van der Waals surface area contributed by atoms with Crippen molar-refractivity contribution in [1.29, 1.82) is 0 Å². The molecule has 0 amide bonds. The van der Waals surface area contributed by atoms with Gasteiger partial charge in [0.15, 0.2) is 0 Å². The number of pyridine rings is 1. The summed E-state index contributed by atoms with van der Waals surface area (Å²) in [4.78, 5) is 14.1. The molecule has 1 aliphatic carbocycles. The van der Waals surface area contributed by atoms with Crippen LogP contribution in [0.25, 0.3) is 0 Å². The first-order valence-corrected chi connectivity index (χ1v) is 6.66. The Kier molecular flexibility index (Phi) is 4.68. The van der Waals surface area contributed by atoms with Crippen molar-refractivity contribution in [3.8, 4) is 0 Å². The summed E-state index contributed by atoms with van der Waals surface area (Å²) in [7, 11) is 0. The molecule has 0 spiro atoms. The number of nitrogens with one attached hydrogen (secondary N) is 1. The highest BCUT2D eigenvalue weighted by Crippen LogP contribution is 2.29. The first-order chi connectivity index (χ1) is 9.20. The van der Waals surface area contributed by atoms with E-state index >= 15 is 0 Å². The third-order valence-electron chi connectivity index (χ3n) is 3.81. The van der Waals surface area contributed by atoms with Crippen molar-refractivity contribution < 1.29 is 10.0 Å². The van der Waals surface area contributed by atoms with E-state index in [-0.39, 0.29) is 12.3 Å². The fourth-order valence-corrected chi connectivity index (χ4v) is 2.63. The van der Waals surface area contributed by atoms with Crippen LogP contribution in [0.5, 0.6) is 0 Å². The normalized spacial score (nSPS) is 23.0. The number of aromatic nitrogens is 1. The van der Waals surface area contributed by atoms with E-state index in [4.69, 9.17) is 0 Å². The molecule has 1 aromatic heterocycles. The van der Waals surface area contributed by atoms with Gasteiger partial charge >= 0.3 is 0 Å². The highest BCUT2D eigenvalue weighted by atomic mass is 16.6. The molecule has 19 heavy (non-hydrogen) atoms. The van der Waals surface area contributed by atoms with Crippen LogP contribution in [0.15, 0.2) is 18.3 Å². The predicted molar refractivity (Wildman–Crippen MR) is 71.9 cm³/mol. The Morgan fingerprint density at radius 2 is 2.11 bits per heavy atom. The van der Waals surface area contributed by atoms with Gasteiger partial charge in [-0.05, 0) is 30.7 Å². The molecule has 104 valence electrons. The lowest BCUT2D eigenvalue weighted by Crippen LogP contribution is -2.28. The maximum absolute atomic E-state index is 10.5. The number of nitro groups is 1. The standard InChI is InChI=1S/C13H19N3O3/c17-9-11-4-2-1-3-10(11)7-14-13-6-5-12(8-15-13)16(18)19/h5-6,8,10-11,17H,1-4,7,9H2,(H,14,15). The van der Waals surface area contributed by atoms with E-state index in [0.717, 1.165) is 19.4 Å². The minimum Gasteiger partial charge on any atom is -0.396 e. The van der Waals surface area contributed by atoms with E-state index in [2.05, 4.69) is 10.3 Å². The lowest BCUT2D eigenvalue weighted by atomic mass is 9.79. The van der Waals surface area contributed by atoms with Gasteiger partial charge in [0.25, 0.3) is 5.69 Å². The van der Waals surface area contributed by atoms with Gasteiger partial charge in [-0.3, -0.25) is 10.1 Å². The second kappa shape index (κ2) is 6.47. The molecular weight excluding hydrogens is 246 g/mol. The highest BCUT2D eigenvalue weighted by molar-refractivity contribution is 5.40. The quantitative estimate of drug-likeness (QED) is 0.629. The summed E-state index contributed by atoms with van der Waals surface area (Å²) in [5.41, 5.74) is -0.00329. The van der Waals surface area contributed by atoms with Crippen LogP contribution in [0.2, 0.25) is 0 Å². The van der Waals surface area contributed by atoms with Gasteiger partial charge in [-0.25, -0.2) is 4.98 Å². The minimum atomic E-state index is -0.459. The predicted octanol–water partition coefficient (Wildman–Crippen LogP) is 2.20. The number of aliphatic hydroxyl groups is 1. The Bertz CT molecular complexity index is 422. The van der Waals surface area contributed by atoms with E-state index in [0.29, 0.717) is 17.7 Å². The third-order valence-corrected chi connectivity index (χ3v) is 3.81. The van der Waals surface area contributed by atoms with Crippen molar-refractivity contribution in [3.63, 3.8) is 0 Å². The molecule has 1 saturated carbocycles. The van der Waals surface area contributed by atoms with Crippen LogP contribution in [0.3, 0.4) is 0 Å². The Labute approximate surface area is 112 Å². The van der Waals surface area contributed by atoms with Crippen molar-refractivity contribution in [2.24, 2.45) is 11.8 Å². The zero-order valence-corrected chi connectivity index (χ0v) is 10.8. The fourth-order valence-electron chi connectivity index (χ4n) is 2.63. The average Bonchev–Trinajstić information content (AvgIpc) is 2.45. The smallest absolute Gasteiger partial charge is 0.287 e. The van der Waals surface area contributed by atoms with Gasteiger partial charge in [0.05, 0.1) is 4.92 Å². The Morgan fingerprint density at radius 1 is 1.37 bits per heavy atom. The molecule has 0 radical (unpaired) electrons. The second-order valence-corrected chi connectivity index (χ2v) is 5.03. The van der Waals surface area contributed by atoms with Crippen LogP contribution in [0, 0.1) is 22.0 Å². The van der Waals surface area contributed by atoms with Crippen molar-refractivity contribution in [2.75, 3.05) is 18.5 Å². The SMILES string of the molecule is O=[N+]([O-])c1ccc(NCC2CCCCC2CO)nc1. The molecule has 2 N–H and O–H groups in total. The van der Waals surface area contributed by atoms with Crippen LogP contribution >= 0.6 is 0 Å². The van der Waals surface area contributed by atoms with E-state index in [1.54, 1.807) is 6.07 Å². The van der Waals surface area contributed by atoms with Gasteiger partial charge in [-0.15, -0.1) is 0 Å². The van der Waals surface area contributed by atoms with E-state index in [1.165, 1.54) is 25.1 Å². The second-order valence-electron chi connectivity index (χ2n) is 5.03. The maximum Gasteiger partial charge on any atom is 0.287 e. The molecule has 1 fully saturated rings. The molecule has 1 aliphatic rings. The molecule has 2 atom stereocenters. The number of nitrogens with zero attached hydrogens (tertiary/aromatic N) is 2. The van der Waals surface area contributed by atoms with Crippen LogP contribution in [0.4, 0.5) is 11.5 Å². The monoisotopic (exact) mass is 265 g/mol. The Hall–Kier alpha value is -1.69. The summed E-state index contributed by atoms with van der Waals surface area (Å²) in [6.07, 6.45) is 5.85. The molecule has 1 aromatic rings. The summed E-state index contributed by atoms with van der Waals surface area (Å²) >= 11 is 0. The zero-order chi connectivity index (χ0) is 13.7. The molecular formula is C13H19N3O3. The number of rotatable bonds is 5. The fraction of sp³-hybridized carbons (Fsp3) is 0.615. The molecule has 2 unspecified atom stereocenters. The highest BCUT2D eigenvalue weighted by Gasteiger charge is 2.24. The molecule has 2 rings (SSSR count). The van der Waals surface area contributed by atoms with E-state index in [9.17, 15) is 15.2 Å². The van der Waals surface area contributed by atoms with Crippen LogP contribution in [0.1, 0.15) is 25.7 Å². The summed E-state index contributed by atoms with van der Waals surface area (Å²) < 4.78 is 0. The molecule has 6 nitrogen and oxygen atoms in total. The molecule has 1 heterocycles.